The number of hydrogen-bond acceptors (Lipinski definition) is 3. The summed E-state index contributed by atoms with van der Waals surface area (Å²) >= 11 is 6.01. The van der Waals surface area contributed by atoms with Crippen molar-refractivity contribution in [2.24, 2.45) is 7.05 Å². The maximum atomic E-state index is 12.2. The van der Waals surface area contributed by atoms with Gasteiger partial charge in [0.1, 0.15) is 4.90 Å². The number of alkyl halides is 1. The molecule has 0 saturated carbocycles. The fourth-order valence-electron chi connectivity index (χ4n) is 1.83. The van der Waals surface area contributed by atoms with Gasteiger partial charge < -0.3 is 0 Å². The highest BCUT2D eigenvalue weighted by molar-refractivity contribution is 7.89. The molecule has 104 valence electrons. The third-order valence-electron chi connectivity index (χ3n) is 2.81. The van der Waals surface area contributed by atoms with Crippen molar-refractivity contribution in [1.82, 2.24) is 14.5 Å². The summed E-state index contributed by atoms with van der Waals surface area (Å²) in [4.78, 5) is 0.255. The lowest BCUT2D eigenvalue weighted by atomic mass is 10.2. The van der Waals surface area contributed by atoms with Crippen LogP contribution in [0.5, 0.6) is 0 Å². The Morgan fingerprint density at radius 2 is 2.06 bits per heavy atom. The molecule has 0 aliphatic heterocycles. The van der Waals surface area contributed by atoms with E-state index in [1.54, 1.807) is 25.6 Å². The molecule has 0 amide bonds. The molecule has 5 nitrogen and oxygen atoms in total. The van der Waals surface area contributed by atoms with Crippen molar-refractivity contribution in [3.05, 3.63) is 11.4 Å². The van der Waals surface area contributed by atoms with Crippen LogP contribution in [0.2, 0.25) is 0 Å². The molecule has 0 spiro atoms. The van der Waals surface area contributed by atoms with Gasteiger partial charge in [-0.15, -0.1) is 11.6 Å². The van der Waals surface area contributed by atoms with Crippen LogP contribution in [0.15, 0.2) is 4.90 Å². The maximum absolute atomic E-state index is 12.2. The summed E-state index contributed by atoms with van der Waals surface area (Å²) in [5.74, 6) is 0. The lowest BCUT2D eigenvalue weighted by Crippen LogP contribution is -2.30. The molecule has 7 heteroatoms. The molecule has 0 aliphatic rings. The normalized spacial score (nSPS) is 13.8. The molecule has 0 radical (unpaired) electrons. The Morgan fingerprint density at radius 1 is 1.44 bits per heavy atom. The molecule has 1 rings (SSSR count). The van der Waals surface area contributed by atoms with Crippen LogP contribution < -0.4 is 4.72 Å². The van der Waals surface area contributed by atoms with Gasteiger partial charge in [0, 0.05) is 19.0 Å². The van der Waals surface area contributed by atoms with Gasteiger partial charge in [0.2, 0.25) is 10.0 Å². The molecule has 18 heavy (non-hydrogen) atoms. The molecule has 1 N–H and O–H groups in total. The summed E-state index contributed by atoms with van der Waals surface area (Å²) in [6.07, 6.45) is 1.72. The van der Waals surface area contributed by atoms with Gasteiger partial charge in [-0.25, -0.2) is 13.1 Å². The molecule has 1 atom stereocenters. The second-order valence-electron chi connectivity index (χ2n) is 4.36. The van der Waals surface area contributed by atoms with Crippen LogP contribution in [-0.2, 0) is 17.1 Å². The zero-order valence-corrected chi connectivity index (χ0v) is 12.8. The second kappa shape index (κ2) is 6.04. The molecule has 0 saturated heterocycles. The Bertz CT molecular complexity index is 511. The standard InChI is InChI=1S/C11H20ClN3O2S/c1-5-6-10(12)7-13-18(16,17)11-8(2)14-15(4)9(11)3/h10,13H,5-7H2,1-4H3. The van der Waals surface area contributed by atoms with Crippen LogP contribution in [0, 0.1) is 13.8 Å². The van der Waals surface area contributed by atoms with Gasteiger partial charge in [0.05, 0.1) is 11.4 Å². The molecule has 0 bridgehead atoms. The van der Waals surface area contributed by atoms with Gasteiger partial charge in [-0.3, -0.25) is 4.68 Å². The number of hydrogen-bond donors (Lipinski definition) is 1. The van der Waals surface area contributed by atoms with Gasteiger partial charge in [-0.05, 0) is 20.3 Å². The molecule has 1 heterocycles. The highest BCUT2D eigenvalue weighted by Gasteiger charge is 2.24. The SMILES string of the molecule is CCCC(Cl)CNS(=O)(=O)c1c(C)nn(C)c1C. The van der Waals surface area contributed by atoms with Gasteiger partial charge in [-0.2, -0.15) is 5.10 Å². The maximum Gasteiger partial charge on any atom is 0.244 e. The molecule has 0 aliphatic carbocycles. The number of sulfonamides is 1. The number of halogens is 1. The van der Waals surface area contributed by atoms with Crippen LogP contribution in [-0.4, -0.2) is 30.1 Å². The van der Waals surface area contributed by atoms with E-state index in [4.69, 9.17) is 11.6 Å². The molecule has 0 fully saturated rings. The van der Waals surface area contributed by atoms with Crippen molar-refractivity contribution in [3.63, 3.8) is 0 Å². The van der Waals surface area contributed by atoms with Gasteiger partial charge in [0.15, 0.2) is 0 Å². The number of aromatic nitrogens is 2. The minimum atomic E-state index is -3.53. The first kappa shape index (κ1) is 15.5. The van der Waals surface area contributed by atoms with E-state index in [1.807, 2.05) is 6.92 Å². The van der Waals surface area contributed by atoms with E-state index in [0.29, 0.717) is 11.4 Å². The van der Waals surface area contributed by atoms with Crippen molar-refractivity contribution >= 4 is 21.6 Å². The fraction of sp³-hybridized carbons (Fsp3) is 0.727. The van der Waals surface area contributed by atoms with Crippen molar-refractivity contribution in [2.75, 3.05) is 6.54 Å². The zero-order valence-electron chi connectivity index (χ0n) is 11.2. The topological polar surface area (TPSA) is 64.0 Å². The first-order chi connectivity index (χ1) is 8.29. The molecule has 1 aromatic rings. The number of nitrogens with zero attached hydrogens (tertiary/aromatic N) is 2. The third kappa shape index (κ3) is 3.46. The first-order valence-corrected chi connectivity index (χ1v) is 7.85. The van der Waals surface area contributed by atoms with Crippen molar-refractivity contribution in [2.45, 2.75) is 43.9 Å². The summed E-state index contributed by atoms with van der Waals surface area (Å²) in [6, 6.07) is 0. The average Bonchev–Trinajstić information content (AvgIpc) is 2.51. The van der Waals surface area contributed by atoms with Gasteiger partial charge in [0.25, 0.3) is 0 Å². The van der Waals surface area contributed by atoms with Crippen molar-refractivity contribution < 1.29 is 8.42 Å². The summed E-state index contributed by atoms with van der Waals surface area (Å²) in [5.41, 5.74) is 1.13. The summed E-state index contributed by atoms with van der Waals surface area (Å²) in [7, 11) is -1.81. The fourth-order valence-corrected chi connectivity index (χ4v) is 3.73. The Kier molecular flexibility index (Phi) is 5.19. The largest absolute Gasteiger partial charge is 0.271 e. The predicted octanol–water partition coefficient (Wildman–Crippen LogP) is 1.72. The Morgan fingerprint density at radius 3 is 2.50 bits per heavy atom. The van der Waals surface area contributed by atoms with E-state index in [1.165, 1.54) is 0 Å². The summed E-state index contributed by atoms with van der Waals surface area (Å²) in [6.45, 7) is 5.68. The van der Waals surface area contributed by atoms with Crippen LogP contribution in [0.3, 0.4) is 0 Å². The molecular formula is C11H20ClN3O2S. The molecule has 1 unspecified atom stereocenters. The van der Waals surface area contributed by atoms with E-state index < -0.39 is 10.0 Å². The average molecular weight is 294 g/mol. The van der Waals surface area contributed by atoms with Gasteiger partial charge >= 0.3 is 0 Å². The monoisotopic (exact) mass is 293 g/mol. The van der Waals surface area contributed by atoms with Crippen LogP contribution in [0.25, 0.3) is 0 Å². The van der Waals surface area contributed by atoms with Crippen LogP contribution >= 0.6 is 11.6 Å². The number of rotatable bonds is 6. The minimum absolute atomic E-state index is 0.179. The first-order valence-electron chi connectivity index (χ1n) is 5.93. The summed E-state index contributed by atoms with van der Waals surface area (Å²) < 4.78 is 28.5. The lowest BCUT2D eigenvalue weighted by molar-refractivity contribution is 0.575. The Balaban J connectivity index is 2.87. The minimum Gasteiger partial charge on any atom is -0.271 e. The Hall–Kier alpha value is -0.590. The third-order valence-corrected chi connectivity index (χ3v) is 4.86. The second-order valence-corrected chi connectivity index (χ2v) is 6.68. The quantitative estimate of drug-likeness (QED) is 0.812. The zero-order chi connectivity index (χ0) is 13.9. The van der Waals surface area contributed by atoms with Crippen LogP contribution in [0.1, 0.15) is 31.2 Å². The highest BCUT2D eigenvalue weighted by atomic mass is 35.5. The van der Waals surface area contributed by atoms with E-state index in [-0.39, 0.29) is 16.8 Å². The smallest absolute Gasteiger partial charge is 0.244 e. The van der Waals surface area contributed by atoms with E-state index in [0.717, 1.165) is 12.8 Å². The lowest BCUT2D eigenvalue weighted by Gasteiger charge is -2.10. The Labute approximate surface area is 114 Å². The predicted molar refractivity (Wildman–Crippen MR) is 72.4 cm³/mol. The van der Waals surface area contributed by atoms with Crippen molar-refractivity contribution in [3.8, 4) is 0 Å². The van der Waals surface area contributed by atoms with E-state index >= 15 is 0 Å². The number of aryl methyl sites for hydroxylation is 2. The molecular weight excluding hydrogens is 274 g/mol. The van der Waals surface area contributed by atoms with Gasteiger partial charge in [-0.1, -0.05) is 13.3 Å². The summed E-state index contributed by atoms with van der Waals surface area (Å²) in [5, 5.41) is 3.93. The van der Waals surface area contributed by atoms with E-state index in [2.05, 4.69) is 9.82 Å². The highest BCUT2D eigenvalue weighted by Crippen LogP contribution is 2.18. The van der Waals surface area contributed by atoms with E-state index in [9.17, 15) is 8.42 Å². The van der Waals surface area contributed by atoms with Crippen molar-refractivity contribution in [1.29, 1.82) is 0 Å². The molecule has 1 aromatic heterocycles. The molecule has 0 aromatic carbocycles. The van der Waals surface area contributed by atoms with Crippen LogP contribution in [0.4, 0.5) is 0 Å². The number of nitrogens with one attached hydrogen (secondary N) is 1.